The number of carbonyl (C=O) groups excluding carboxylic acids is 1. The number of unbranched alkanes of at least 4 members (excludes halogenated alkanes) is 14. The quantitative estimate of drug-likeness (QED) is 0.148. The van der Waals surface area contributed by atoms with Gasteiger partial charge in [0, 0.05) is 0 Å². The molecule has 0 aromatic carbocycles. The Hall–Kier alpha value is 0.130. The molecule has 0 radical (unpaired) electrons. The van der Waals surface area contributed by atoms with E-state index in [4.69, 9.17) is 14.7 Å². The first kappa shape index (κ1) is 27.1. The smallest absolute Gasteiger partial charge is 0.316 e. The number of hydrogen-bond donors (Lipinski definition) is 4. The number of rotatable bonds is 19. The summed E-state index contributed by atoms with van der Waals surface area (Å²) < 4.78 is 16.0. The van der Waals surface area contributed by atoms with Crippen LogP contribution in [0.5, 0.6) is 0 Å². The van der Waals surface area contributed by atoms with E-state index in [1.54, 1.807) is 0 Å². The Morgan fingerprint density at radius 1 is 0.741 bits per heavy atom. The third kappa shape index (κ3) is 15.7. The minimum Gasteiger partial charge on any atom is -0.316 e. The first-order chi connectivity index (χ1) is 12.7. The van der Waals surface area contributed by atoms with Crippen LogP contribution in [0.25, 0.3) is 0 Å². The minimum atomic E-state index is -5.00. The zero-order valence-corrected chi connectivity index (χ0v) is 18.5. The zero-order valence-electron chi connectivity index (χ0n) is 16.7. The predicted octanol–water partition coefficient (Wildman–Crippen LogP) is 5.92. The van der Waals surface area contributed by atoms with Gasteiger partial charge in [0.2, 0.25) is 0 Å². The van der Waals surface area contributed by atoms with Crippen LogP contribution in [0.15, 0.2) is 0 Å². The summed E-state index contributed by atoms with van der Waals surface area (Å²) in [7, 11) is -9.83. The molecular weight excluding hydrogens is 390 g/mol. The maximum atomic E-state index is 11.4. The largest absolute Gasteiger partial charge is 0.492 e. The molecule has 9 heteroatoms. The molecule has 0 rings (SSSR count). The predicted molar refractivity (Wildman–Crippen MR) is 110 cm³/mol. The summed E-state index contributed by atoms with van der Waals surface area (Å²) in [5.74, 6) is 0. The van der Waals surface area contributed by atoms with Gasteiger partial charge in [-0.3, -0.25) is 0 Å². The monoisotopic (exact) mass is 429 g/mol. The van der Waals surface area contributed by atoms with Crippen molar-refractivity contribution < 1.29 is 33.5 Å². The van der Waals surface area contributed by atoms with E-state index in [1.165, 1.54) is 70.6 Å². The van der Waals surface area contributed by atoms with Crippen LogP contribution in [0.3, 0.4) is 0 Å². The van der Waals surface area contributed by atoms with Crippen molar-refractivity contribution in [1.82, 2.24) is 0 Å². The summed E-state index contributed by atoms with van der Waals surface area (Å²) in [6.45, 7) is 2.11. The fourth-order valence-corrected chi connectivity index (χ4v) is 4.90. The van der Waals surface area contributed by atoms with Crippen LogP contribution in [0.1, 0.15) is 103 Å². The standard InChI is InChI=1S/C18H38O7P2/c1-2-3-4-5-6-7-8-9-10-11-12-13-14-15-16-17-25-27(23,24)18(19)26(20,21)22/h20-22H,2-17H2,1H3/p+1. The van der Waals surface area contributed by atoms with Crippen molar-refractivity contribution in [1.29, 1.82) is 0 Å². The summed E-state index contributed by atoms with van der Waals surface area (Å²) in [5.41, 5.74) is 0. The summed E-state index contributed by atoms with van der Waals surface area (Å²) >= 11 is 0. The van der Waals surface area contributed by atoms with E-state index in [9.17, 15) is 14.3 Å². The van der Waals surface area contributed by atoms with Crippen LogP contribution in [0.4, 0.5) is 4.79 Å². The Morgan fingerprint density at radius 3 is 1.41 bits per heavy atom. The molecule has 162 valence electrons. The lowest BCUT2D eigenvalue weighted by Crippen LogP contribution is -2.07. The van der Waals surface area contributed by atoms with Crippen molar-refractivity contribution >= 4 is 20.8 Å². The molecule has 0 bridgehead atoms. The molecule has 1 atom stereocenters. The second-order valence-electron chi connectivity index (χ2n) is 7.15. The highest BCUT2D eigenvalue weighted by Gasteiger charge is 2.56. The molecule has 0 aliphatic carbocycles. The molecule has 0 saturated heterocycles. The second kappa shape index (κ2) is 16.0. The van der Waals surface area contributed by atoms with Gasteiger partial charge >= 0.3 is 20.8 Å². The summed E-state index contributed by atoms with van der Waals surface area (Å²) in [6, 6.07) is 0. The molecule has 0 saturated carbocycles. The van der Waals surface area contributed by atoms with E-state index in [0.717, 1.165) is 19.3 Å². The summed E-state index contributed by atoms with van der Waals surface area (Å²) in [4.78, 5) is 46.6. The Morgan fingerprint density at radius 2 is 1.07 bits per heavy atom. The normalized spacial score (nSPS) is 14.3. The molecule has 7 nitrogen and oxygen atoms in total. The SMILES string of the molecule is CCCCCCCCCCCCCCCCCOP(=O)(O)C(=O)[P+](O)(O)O. The van der Waals surface area contributed by atoms with Crippen molar-refractivity contribution in [3.8, 4) is 0 Å². The molecule has 0 heterocycles. The van der Waals surface area contributed by atoms with Gasteiger partial charge in [0.1, 0.15) is 0 Å². The van der Waals surface area contributed by atoms with Crippen LogP contribution >= 0.6 is 15.5 Å². The van der Waals surface area contributed by atoms with Crippen molar-refractivity contribution in [3.05, 3.63) is 0 Å². The van der Waals surface area contributed by atoms with Crippen LogP contribution < -0.4 is 0 Å². The molecule has 4 N–H and O–H groups in total. The van der Waals surface area contributed by atoms with E-state index < -0.39 is 20.8 Å². The third-order valence-corrected chi connectivity index (χ3v) is 7.61. The Kier molecular flexibility index (Phi) is 16.1. The van der Waals surface area contributed by atoms with Gasteiger partial charge in [-0.15, -0.1) is 0 Å². The van der Waals surface area contributed by atoms with E-state index in [0.29, 0.717) is 6.42 Å². The van der Waals surface area contributed by atoms with Crippen molar-refractivity contribution in [2.24, 2.45) is 0 Å². The van der Waals surface area contributed by atoms with Crippen molar-refractivity contribution in [3.63, 3.8) is 0 Å². The van der Waals surface area contributed by atoms with Gasteiger partial charge in [-0.25, -0.2) is 9.36 Å². The van der Waals surface area contributed by atoms with Crippen LogP contribution in [-0.4, -0.2) is 31.4 Å². The highest BCUT2D eigenvalue weighted by molar-refractivity contribution is 8.00. The van der Waals surface area contributed by atoms with Crippen LogP contribution in [-0.2, 0) is 9.09 Å². The van der Waals surface area contributed by atoms with E-state index >= 15 is 0 Å². The van der Waals surface area contributed by atoms with Gasteiger partial charge < -0.3 is 9.42 Å². The molecule has 0 fully saturated rings. The molecule has 0 aromatic rings. The van der Waals surface area contributed by atoms with Gasteiger partial charge in [-0.1, -0.05) is 96.8 Å². The van der Waals surface area contributed by atoms with Gasteiger partial charge in [-0.2, -0.15) is 14.7 Å². The number of hydrogen-bond acceptors (Lipinski definition) is 6. The first-order valence-corrected chi connectivity index (χ1v) is 13.5. The zero-order chi connectivity index (χ0) is 20.6. The maximum absolute atomic E-state index is 11.4. The molecule has 0 spiro atoms. The Balaban J connectivity index is 3.39. The third-order valence-electron chi connectivity index (χ3n) is 4.51. The van der Waals surface area contributed by atoms with Gasteiger partial charge in [0.05, 0.1) is 6.61 Å². The van der Waals surface area contributed by atoms with Crippen LogP contribution in [0.2, 0.25) is 0 Å². The lowest BCUT2D eigenvalue weighted by atomic mass is 10.0. The van der Waals surface area contributed by atoms with E-state index in [2.05, 4.69) is 11.4 Å². The Bertz CT molecular complexity index is 424. The fraction of sp³-hybridized carbons (Fsp3) is 0.944. The highest BCUT2D eigenvalue weighted by atomic mass is 31.3. The van der Waals surface area contributed by atoms with E-state index in [1.807, 2.05) is 0 Å². The van der Waals surface area contributed by atoms with Crippen molar-refractivity contribution in [2.45, 2.75) is 103 Å². The lowest BCUT2D eigenvalue weighted by molar-refractivity contribution is 0.229. The molecule has 0 aliphatic rings. The average Bonchev–Trinajstić information content (AvgIpc) is 2.60. The molecule has 0 aliphatic heterocycles. The minimum absolute atomic E-state index is 0.127. The van der Waals surface area contributed by atoms with Crippen LogP contribution in [0, 0.1) is 0 Å². The lowest BCUT2D eigenvalue weighted by Gasteiger charge is -2.09. The molecular formula is C18H39O7P2+. The van der Waals surface area contributed by atoms with Gasteiger partial charge in [0.15, 0.2) is 0 Å². The summed E-state index contributed by atoms with van der Waals surface area (Å²) in [6.07, 6.45) is 17.9. The molecule has 27 heavy (non-hydrogen) atoms. The molecule has 0 amide bonds. The number of carbonyl (C=O) groups is 1. The van der Waals surface area contributed by atoms with E-state index in [-0.39, 0.29) is 6.61 Å². The summed E-state index contributed by atoms with van der Waals surface area (Å²) in [5, 5.41) is -1.92. The highest BCUT2D eigenvalue weighted by Crippen LogP contribution is 2.62. The van der Waals surface area contributed by atoms with Gasteiger partial charge in [-0.05, 0) is 6.42 Å². The average molecular weight is 429 g/mol. The Labute approximate surface area is 164 Å². The molecule has 0 aromatic heterocycles. The molecule has 1 unspecified atom stereocenters. The first-order valence-electron chi connectivity index (χ1n) is 10.3. The second-order valence-corrected chi connectivity index (χ2v) is 10.8. The van der Waals surface area contributed by atoms with Crippen molar-refractivity contribution in [2.75, 3.05) is 6.61 Å². The fourth-order valence-electron chi connectivity index (χ4n) is 2.89. The maximum Gasteiger partial charge on any atom is 0.492 e. The van der Waals surface area contributed by atoms with Gasteiger partial charge in [0.25, 0.3) is 0 Å². The topological polar surface area (TPSA) is 124 Å².